The van der Waals surface area contributed by atoms with Gasteiger partial charge in [-0.05, 0) is 38.5 Å². The summed E-state index contributed by atoms with van der Waals surface area (Å²) >= 11 is 0. The molecule has 0 N–H and O–H groups in total. The Hall–Kier alpha value is -0.790. The standard InChI is InChI=1S/C14H24O2/c1-7-14(12(15)16-8-2)11(9-10(3)4)13(14,5)6/h9,11H,7-8H2,1-6H3. The van der Waals surface area contributed by atoms with E-state index in [1.807, 2.05) is 6.92 Å². The van der Waals surface area contributed by atoms with Gasteiger partial charge in [0.25, 0.3) is 0 Å². The van der Waals surface area contributed by atoms with Crippen LogP contribution in [-0.2, 0) is 9.53 Å². The van der Waals surface area contributed by atoms with Gasteiger partial charge in [-0.25, -0.2) is 0 Å². The fourth-order valence-electron chi connectivity index (χ4n) is 3.05. The molecule has 16 heavy (non-hydrogen) atoms. The molecule has 92 valence electrons. The first-order valence-corrected chi connectivity index (χ1v) is 6.16. The number of rotatable bonds is 4. The molecule has 0 aromatic rings. The third-order valence-electron chi connectivity index (χ3n) is 4.07. The summed E-state index contributed by atoms with van der Waals surface area (Å²) in [5, 5.41) is 0. The summed E-state index contributed by atoms with van der Waals surface area (Å²) in [6.07, 6.45) is 3.08. The Morgan fingerprint density at radius 1 is 1.31 bits per heavy atom. The van der Waals surface area contributed by atoms with E-state index in [4.69, 9.17) is 4.74 Å². The Morgan fingerprint density at radius 2 is 1.88 bits per heavy atom. The van der Waals surface area contributed by atoms with Crippen LogP contribution < -0.4 is 0 Å². The van der Waals surface area contributed by atoms with Gasteiger partial charge in [-0.3, -0.25) is 4.79 Å². The maximum atomic E-state index is 12.1. The van der Waals surface area contributed by atoms with E-state index in [-0.39, 0.29) is 16.8 Å². The molecular formula is C14H24O2. The average molecular weight is 224 g/mol. The van der Waals surface area contributed by atoms with E-state index in [0.717, 1.165) is 6.42 Å². The van der Waals surface area contributed by atoms with Crippen LogP contribution in [0.15, 0.2) is 11.6 Å². The van der Waals surface area contributed by atoms with Crippen molar-refractivity contribution in [3.05, 3.63) is 11.6 Å². The lowest BCUT2D eigenvalue weighted by Gasteiger charge is -2.16. The molecule has 0 aromatic heterocycles. The summed E-state index contributed by atoms with van der Waals surface area (Å²) in [5.74, 6) is 0.305. The van der Waals surface area contributed by atoms with Gasteiger partial charge in [-0.2, -0.15) is 0 Å². The highest BCUT2D eigenvalue weighted by Gasteiger charge is 2.73. The molecule has 2 atom stereocenters. The molecule has 0 aromatic carbocycles. The fraction of sp³-hybridized carbons (Fsp3) is 0.786. The minimum atomic E-state index is -0.291. The van der Waals surface area contributed by atoms with E-state index in [0.29, 0.717) is 12.5 Å². The maximum absolute atomic E-state index is 12.1. The zero-order valence-electron chi connectivity index (χ0n) is 11.4. The summed E-state index contributed by atoms with van der Waals surface area (Å²) in [5.41, 5.74) is 1.02. The van der Waals surface area contributed by atoms with Crippen molar-refractivity contribution in [1.29, 1.82) is 0 Å². The highest BCUT2D eigenvalue weighted by atomic mass is 16.5. The van der Waals surface area contributed by atoms with Crippen LogP contribution in [0.1, 0.15) is 48.0 Å². The van der Waals surface area contributed by atoms with Crippen LogP contribution in [0.2, 0.25) is 0 Å². The van der Waals surface area contributed by atoms with E-state index < -0.39 is 0 Å². The lowest BCUT2D eigenvalue weighted by molar-refractivity contribution is -0.151. The first kappa shape index (κ1) is 13.3. The number of ether oxygens (including phenoxy) is 1. The van der Waals surface area contributed by atoms with Crippen molar-refractivity contribution in [2.24, 2.45) is 16.7 Å². The summed E-state index contributed by atoms with van der Waals surface area (Å²) < 4.78 is 5.24. The quantitative estimate of drug-likeness (QED) is 0.539. The molecule has 2 unspecified atom stereocenters. The molecule has 0 aliphatic heterocycles. The fourth-order valence-corrected chi connectivity index (χ4v) is 3.05. The van der Waals surface area contributed by atoms with Crippen LogP contribution in [0.5, 0.6) is 0 Å². The van der Waals surface area contributed by atoms with Gasteiger partial charge in [0.05, 0.1) is 12.0 Å². The van der Waals surface area contributed by atoms with Crippen molar-refractivity contribution in [2.75, 3.05) is 6.61 Å². The van der Waals surface area contributed by atoms with Crippen molar-refractivity contribution in [3.8, 4) is 0 Å². The molecule has 2 heteroatoms. The number of carbonyl (C=O) groups is 1. The molecule has 1 rings (SSSR count). The zero-order valence-corrected chi connectivity index (χ0v) is 11.4. The summed E-state index contributed by atoms with van der Waals surface area (Å²) in [6, 6.07) is 0. The van der Waals surface area contributed by atoms with Gasteiger partial charge in [-0.15, -0.1) is 0 Å². The second kappa shape index (κ2) is 4.23. The molecule has 2 nitrogen and oxygen atoms in total. The third-order valence-corrected chi connectivity index (χ3v) is 4.07. The minimum absolute atomic E-state index is 0.0231. The van der Waals surface area contributed by atoms with E-state index in [1.54, 1.807) is 0 Å². The molecule has 0 spiro atoms. The van der Waals surface area contributed by atoms with Crippen LogP contribution in [0.4, 0.5) is 0 Å². The summed E-state index contributed by atoms with van der Waals surface area (Å²) in [7, 11) is 0. The Morgan fingerprint density at radius 3 is 2.25 bits per heavy atom. The van der Waals surface area contributed by atoms with Crippen molar-refractivity contribution in [3.63, 3.8) is 0 Å². The predicted molar refractivity (Wildman–Crippen MR) is 66.1 cm³/mol. The molecule has 1 fully saturated rings. The van der Waals surface area contributed by atoms with Gasteiger partial charge in [0.1, 0.15) is 0 Å². The van der Waals surface area contributed by atoms with Gasteiger partial charge < -0.3 is 4.74 Å². The van der Waals surface area contributed by atoms with Gasteiger partial charge >= 0.3 is 5.97 Å². The predicted octanol–water partition coefficient (Wildman–Crippen LogP) is 3.57. The second-order valence-corrected chi connectivity index (χ2v) is 5.49. The van der Waals surface area contributed by atoms with Gasteiger partial charge in [-0.1, -0.05) is 32.4 Å². The van der Waals surface area contributed by atoms with Gasteiger partial charge in [0, 0.05) is 0 Å². The van der Waals surface area contributed by atoms with Crippen LogP contribution in [0, 0.1) is 16.7 Å². The van der Waals surface area contributed by atoms with Crippen LogP contribution in [0.3, 0.4) is 0 Å². The van der Waals surface area contributed by atoms with Crippen LogP contribution >= 0.6 is 0 Å². The molecule has 0 heterocycles. The highest BCUT2D eigenvalue weighted by molar-refractivity contribution is 5.83. The van der Waals surface area contributed by atoms with E-state index in [9.17, 15) is 4.79 Å². The number of carbonyl (C=O) groups excluding carboxylic acids is 1. The molecule has 0 bridgehead atoms. The Balaban J connectivity index is 2.99. The van der Waals surface area contributed by atoms with Crippen molar-refractivity contribution >= 4 is 5.97 Å². The van der Waals surface area contributed by atoms with Gasteiger partial charge in [0.2, 0.25) is 0 Å². The van der Waals surface area contributed by atoms with Crippen LogP contribution in [0.25, 0.3) is 0 Å². The largest absolute Gasteiger partial charge is 0.466 e. The summed E-state index contributed by atoms with van der Waals surface area (Å²) in [6.45, 7) is 12.9. The maximum Gasteiger partial charge on any atom is 0.313 e. The minimum Gasteiger partial charge on any atom is -0.466 e. The monoisotopic (exact) mass is 224 g/mol. The van der Waals surface area contributed by atoms with Gasteiger partial charge in [0.15, 0.2) is 0 Å². The molecular weight excluding hydrogens is 200 g/mol. The van der Waals surface area contributed by atoms with Crippen LogP contribution in [-0.4, -0.2) is 12.6 Å². The number of esters is 1. The lowest BCUT2D eigenvalue weighted by atomic mass is 9.93. The lowest BCUT2D eigenvalue weighted by Crippen LogP contribution is -2.24. The van der Waals surface area contributed by atoms with Crippen molar-refractivity contribution in [2.45, 2.75) is 48.0 Å². The molecule has 0 amide bonds. The first-order chi connectivity index (χ1) is 7.34. The molecule has 1 saturated carbocycles. The Bertz CT molecular complexity index is 311. The number of hydrogen-bond acceptors (Lipinski definition) is 2. The third kappa shape index (κ3) is 1.68. The molecule has 0 saturated heterocycles. The summed E-state index contributed by atoms with van der Waals surface area (Å²) in [4.78, 5) is 12.1. The average Bonchev–Trinajstić information content (AvgIpc) is 2.63. The molecule has 0 radical (unpaired) electrons. The van der Waals surface area contributed by atoms with Crippen molar-refractivity contribution < 1.29 is 9.53 Å². The highest BCUT2D eigenvalue weighted by Crippen LogP contribution is 2.72. The van der Waals surface area contributed by atoms with E-state index >= 15 is 0 Å². The normalized spacial score (nSPS) is 30.8. The second-order valence-electron chi connectivity index (χ2n) is 5.49. The van der Waals surface area contributed by atoms with Crippen molar-refractivity contribution in [1.82, 2.24) is 0 Å². The first-order valence-electron chi connectivity index (χ1n) is 6.16. The Kier molecular flexibility index (Phi) is 3.51. The number of allylic oxidation sites excluding steroid dienone is 2. The Labute approximate surface area is 99.1 Å². The van der Waals surface area contributed by atoms with E-state index in [1.165, 1.54) is 5.57 Å². The number of hydrogen-bond donors (Lipinski definition) is 0. The smallest absolute Gasteiger partial charge is 0.313 e. The topological polar surface area (TPSA) is 26.3 Å². The molecule has 1 aliphatic carbocycles. The zero-order chi connectivity index (χ0) is 12.6. The molecule has 1 aliphatic rings. The SMILES string of the molecule is CCOC(=O)C1(CC)C(C=C(C)C)C1(C)C. The van der Waals surface area contributed by atoms with E-state index in [2.05, 4.69) is 40.7 Å².